The minimum absolute atomic E-state index is 0.0187. The lowest BCUT2D eigenvalue weighted by atomic mass is 10.0. The van der Waals surface area contributed by atoms with Crippen LogP contribution in [0.5, 0.6) is 0 Å². The summed E-state index contributed by atoms with van der Waals surface area (Å²) in [5.74, 6) is -0.314. The summed E-state index contributed by atoms with van der Waals surface area (Å²) >= 11 is 0. The Morgan fingerprint density at radius 3 is 2.75 bits per heavy atom. The van der Waals surface area contributed by atoms with Crippen LogP contribution in [0, 0.1) is 17.0 Å². The highest BCUT2D eigenvalue weighted by atomic mass is 16.6. The molecule has 3 heterocycles. The zero-order valence-electron chi connectivity index (χ0n) is 23.4. The monoisotopic (exact) mass is 543 g/mol. The van der Waals surface area contributed by atoms with Crippen LogP contribution in [0.3, 0.4) is 0 Å². The second kappa shape index (κ2) is 10.9. The molecule has 0 spiro atoms. The van der Waals surface area contributed by atoms with E-state index in [2.05, 4.69) is 20.9 Å². The second-order valence-electron chi connectivity index (χ2n) is 10.4. The molecule has 0 unspecified atom stereocenters. The first-order valence-electron chi connectivity index (χ1n) is 13.2. The minimum Gasteiger partial charge on any atom is -0.465 e. The average Bonchev–Trinajstić information content (AvgIpc) is 3.32. The van der Waals surface area contributed by atoms with E-state index in [-0.39, 0.29) is 22.1 Å². The first-order valence-corrected chi connectivity index (χ1v) is 13.2. The van der Waals surface area contributed by atoms with Crippen molar-refractivity contribution in [2.45, 2.75) is 26.3 Å². The largest absolute Gasteiger partial charge is 0.465 e. The fourth-order valence-corrected chi connectivity index (χ4v) is 5.21. The van der Waals surface area contributed by atoms with E-state index in [1.54, 1.807) is 6.07 Å². The van der Waals surface area contributed by atoms with Crippen LogP contribution in [0.1, 0.15) is 27.9 Å². The molecule has 4 aromatic rings. The summed E-state index contributed by atoms with van der Waals surface area (Å²) < 4.78 is 7.25. The van der Waals surface area contributed by atoms with Gasteiger partial charge in [0.2, 0.25) is 5.95 Å². The number of nitrogens with zero attached hydrogens (tertiary/aromatic N) is 6. The fourth-order valence-electron chi connectivity index (χ4n) is 5.21. The third-order valence-corrected chi connectivity index (χ3v) is 7.33. The molecule has 11 nitrogen and oxygen atoms in total. The molecule has 0 atom stereocenters. The van der Waals surface area contributed by atoms with E-state index in [4.69, 9.17) is 9.72 Å². The van der Waals surface area contributed by atoms with Crippen molar-refractivity contribution in [1.29, 1.82) is 0 Å². The van der Waals surface area contributed by atoms with E-state index in [0.29, 0.717) is 23.6 Å². The van der Waals surface area contributed by atoms with Crippen molar-refractivity contribution in [1.82, 2.24) is 19.4 Å². The zero-order chi connectivity index (χ0) is 28.6. The number of ether oxygens (including phenoxy) is 1. The smallest absolute Gasteiger partial charge is 0.341 e. The van der Waals surface area contributed by atoms with Crippen LogP contribution in [0.2, 0.25) is 0 Å². The molecule has 1 aliphatic rings. The van der Waals surface area contributed by atoms with Crippen molar-refractivity contribution in [2.75, 3.05) is 51.6 Å². The predicted octanol–water partition coefficient (Wildman–Crippen LogP) is 4.79. The van der Waals surface area contributed by atoms with Gasteiger partial charge in [0.05, 0.1) is 28.9 Å². The number of nitro groups is 1. The van der Waals surface area contributed by atoms with E-state index >= 15 is 0 Å². The number of nitrogens with one attached hydrogen (secondary N) is 1. The van der Waals surface area contributed by atoms with Crippen LogP contribution >= 0.6 is 0 Å². The molecule has 0 amide bonds. The zero-order valence-corrected chi connectivity index (χ0v) is 23.4. The molecule has 1 N–H and O–H groups in total. The van der Waals surface area contributed by atoms with Gasteiger partial charge >= 0.3 is 5.97 Å². The van der Waals surface area contributed by atoms with Gasteiger partial charge in [0, 0.05) is 56.1 Å². The molecular formula is C29H33N7O4. The van der Waals surface area contributed by atoms with Gasteiger partial charge in [0.1, 0.15) is 11.3 Å². The molecule has 0 saturated carbocycles. The summed E-state index contributed by atoms with van der Waals surface area (Å²) in [5, 5.41) is 16.2. The summed E-state index contributed by atoms with van der Waals surface area (Å²) in [4.78, 5) is 37.4. The third kappa shape index (κ3) is 5.07. The normalized spacial score (nSPS) is 12.6. The number of carbonyl (C=O) groups excluding carboxylic acids is 1. The number of aromatic nitrogens is 3. The number of para-hydroxylation sites is 1. The second-order valence-corrected chi connectivity index (χ2v) is 10.4. The first-order chi connectivity index (χ1) is 19.2. The first kappa shape index (κ1) is 27.1. The fraction of sp³-hybridized carbons (Fsp3) is 0.345. The number of esters is 1. The Morgan fingerprint density at radius 2 is 2.02 bits per heavy atom. The topological polar surface area (TPSA) is 119 Å². The van der Waals surface area contributed by atoms with Crippen LogP contribution < -0.4 is 10.2 Å². The number of anilines is 3. The summed E-state index contributed by atoms with van der Waals surface area (Å²) in [6, 6.07) is 9.49. The Labute approximate surface area is 232 Å². The highest BCUT2D eigenvalue weighted by Crippen LogP contribution is 2.38. The number of methoxy groups -OCH3 is 1. The van der Waals surface area contributed by atoms with Gasteiger partial charge in [-0.3, -0.25) is 10.1 Å². The lowest BCUT2D eigenvalue weighted by Gasteiger charge is -2.22. The number of hydrogen-bond donors (Lipinski definition) is 1. The van der Waals surface area contributed by atoms with E-state index in [1.165, 1.54) is 24.9 Å². The standard InChI is InChI=1S/C29H33N7O4/c1-18-14-24(34(4)13-12-33(2)3)25(36(38)39)15-23(18)31-29-30-16-21(28(37)40-5)26(32-29)22-17-35-11-7-9-19-8-6-10-20(22)27(19)35/h6,8,10,14-17H,7,9,11-13H2,1-5H3,(H,30,31,32). The lowest BCUT2D eigenvalue weighted by Crippen LogP contribution is -2.29. The van der Waals surface area contributed by atoms with Gasteiger partial charge < -0.3 is 24.4 Å². The Bertz CT molecular complexity index is 1610. The van der Waals surface area contributed by atoms with Gasteiger partial charge in [-0.05, 0) is 51.1 Å². The van der Waals surface area contributed by atoms with Crippen molar-refractivity contribution in [3.63, 3.8) is 0 Å². The molecule has 1 aliphatic heterocycles. The summed E-state index contributed by atoms with van der Waals surface area (Å²) in [5.41, 5.74) is 5.74. The highest BCUT2D eigenvalue weighted by Gasteiger charge is 2.24. The molecule has 0 fully saturated rings. The highest BCUT2D eigenvalue weighted by molar-refractivity contribution is 6.03. The summed E-state index contributed by atoms with van der Waals surface area (Å²) in [6.07, 6.45) is 5.51. The summed E-state index contributed by atoms with van der Waals surface area (Å²) in [7, 11) is 7.10. The SMILES string of the molecule is COC(=O)c1cnc(Nc2cc([N+](=O)[O-])c(N(C)CCN(C)C)cc2C)nc1-c1cn2c3c(cccc13)CCC2. The van der Waals surface area contributed by atoms with E-state index in [0.717, 1.165) is 48.0 Å². The van der Waals surface area contributed by atoms with Crippen molar-refractivity contribution in [3.05, 3.63) is 69.5 Å². The minimum atomic E-state index is -0.537. The maximum Gasteiger partial charge on any atom is 0.341 e. The Kier molecular flexibility index (Phi) is 7.40. The van der Waals surface area contributed by atoms with Crippen molar-refractivity contribution < 1.29 is 14.5 Å². The number of benzene rings is 2. The number of carbonyl (C=O) groups is 1. The van der Waals surface area contributed by atoms with E-state index < -0.39 is 5.97 Å². The third-order valence-electron chi connectivity index (χ3n) is 7.33. The van der Waals surface area contributed by atoms with Crippen LogP contribution in [-0.2, 0) is 17.7 Å². The Morgan fingerprint density at radius 1 is 1.23 bits per heavy atom. The van der Waals surface area contributed by atoms with Crippen molar-refractivity contribution in [2.24, 2.45) is 0 Å². The number of aryl methyl sites for hydroxylation is 3. The maximum absolute atomic E-state index is 12.7. The molecule has 5 rings (SSSR count). The Balaban J connectivity index is 1.57. The van der Waals surface area contributed by atoms with Gasteiger partial charge in [0.15, 0.2) is 0 Å². The van der Waals surface area contributed by atoms with E-state index in [9.17, 15) is 14.9 Å². The van der Waals surface area contributed by atoms with Crippen LogP contribution in [0.15, 0.2) is 42.7 Å². The van der Waals surface area contributed by atoms with Gasteiger partial charge in [-0.1, -0.05) is 18.2 Å². The van der Waals surface area contributed by atoms with Gasteiger partial charge in [-0.25, -0.2) is 14.8 Å². The number of rotatable bonds is 9. The molecule has 40 heavy (non-hydrogen) atoms. The Hall–Kier alpha value is -4.51. The van der Waals surface area contributed by atoms with Crippen LogP contribution in [-0.4, -0.2) is 71.7 Å². The molecule has 0 radical (unpaired) electrons. The summed E-state index contributed by atoms with van der Waals surface area (Å²) in [6.45, 7) is 4.16. The molecular weight excluding hydrogens is 510 g/mol. The number of hydrogen-bond acceptors (Lipinski definition) is 9. The van der Waals surface area contributed by atoms with Gasteiger partial charge in [0.25, 0.3) is 5.69 Å². The van der Waals surface area contributed by atoms with Crippen LogP contribution in [0.4, 0.5) is 23.0 Å². The van der Waals surface area contributed by atoms with Crippen LogP contribution in [0.25, 0.3) is 22.2 Å². The molecule has 0 aliphatic carbocycles. The molecule has 2 aromatic heterocycles. The van der Waals surface area contributed by atoms with Gasteiger partial charge in [-0.15, -0.1) is 0 Å². The number of nitro benzene ring substituents is 1. The van der Waals surface area contributed by atoms with Crippen molar-refractivity contribution in [3.8, 4) is 11.3 Å². The van der Waals surface area contributed by atoms with Gasteiger partial charge in [-0.2, -0.15) is 0 Å². The molecule has 0 saturated heterocycles. The quantitative estimate of drug-likeness (QED) is 0.181. The lowest BCUT2D eigenvalue weighted by molar-refractivity contribution is -0.384. The molecule has 2 aromatic carbocycles. The van der Waals surface area contributed by atoms with Crippen molar-refractivity contribution >= 4 is 39.9 Å². The number of likely N-dealkylation sites (N-methyl/N-ethyl adjacent to an activating group) is 2. The molecule has 208 valence electrons. The maximum atomic E-state index is 12.7. The average molecular weight is 544 g/mol. The molecule has 11 heteroatoms. The molecule has 0 bridgehead atoms. The predicted molar refractivity (Wildman–Crippen MR) is 156 cm³/mol. The van der Waals surface area contributed by atoms with E-state index in [1.807, 2.05) is 56.2 Å².